The van der Waals surface area contributed by atoms with Crippen LogP contribution in [0.5, 0.6) is 0 Å². The minimum Gasteiger partial charge on any atom is -0.346 e. The summed E-state index contributed by atoms with van der Waals surface area (Å²) in [6.45, 7) is 3.39. The monoisotopic (exact) mass is 272 g/mol. The van der Waals surface area contributed by atoms with E-state index in [0.717, 1.165) is 17.5 Å². The zero-order chi connectivity index (χ0) is 12.1. The van der Waals surface area contributed by atoms with Crippen LogP contribution in [0.3, 0.4) is 0 Å². The number of rotatable bonds is 2. The Morgan fingerprint density at radius 2 is 1.88 bits per heavy atom. The summed E-state index contributed by atoms with van der Waals surface area (Å²) < 4.78 is 10.3. The lowest BCUT2D eigenvalue weighted by molar-refractivity contribution is -0.0441. The molecule has 2 aliphatic rings. The lowest BCUT2D eigenvalue weighted by Crippen LogP contribution is -2.11. The molecule has 0 radical (unpaired) electrons. The van der Waals surface area contributed by atoms with E-state index in [1.165, 1.54) is 0 Å². The van der Waals surface area contributed by atoms with E-state index in [1.807, 2.05) is 12.1 Å². The first-order valence-corrected chi connectivity index (χ1v) is 6.50. The molecule has 0 N–H and O–H groups in total. The molecule has 0 spiro atoms. The number of hydrogen-bond donors (Lipinski definition) is 0. The Bertz CT molecular complexity index is 441. The Kier molecular flexibility index (Phi) is 2.67. The molecule has 92 valence electrons. The molecule has 1 heterocycles. The van der Waals surface area contributed by atoms with Crippen LogP contribution >= 0.6 is 23.2 Å². The van der Waals surface area contributed by atoms with E-state index in [0.29, 0.717) is 13.2 Å². The van der Waals surface area contributed by atoms with Crippen molar-refractivity contribution in [2.45, 2.75) is 29.4 Å². The van der Waals surface area contributed by atoms with Gasteiger partial charge in [0.25, 0.3) is 0 Å². The highest BCUT2D eigenvalue weighted by atomic mass is 35.5. The van der Waals surface area contributed by atoms with Crippen molar-refractivity contribution in [3.63, 3.8) is 0 Å². The molecule has 3 rings (SSSR count). The Balaban J connectivity index is 1.90. The molecule has 1 unspecified atom stereocenters. The molecule has 4 heteroatoms. The molecular weight excluding hydrogens is 259 g/mol. The SMILES string of the molecule is CC1(c2cccc(C3OCCO3)c2)CC1(Cl)Cl. The largest absolute Gasteiger partial charge is 0.346 e. The minimum atomic E-state index is -0.636. The van der Waals surface area contributed by atoms with Crippen LogP contribution in [0.1, 0.15) is 30.8 Å². The van der Waals surface area contributed by atoms with Gasteiger partial charge in [-0.2, -0.15) is 0 Å². The van der Waals surface area contributed by atoms with E-state index in [-0.39, 0.29) is 11.7 Å². The lowest BCUT2D eigenvalue weighted by Gasteiger charge is -2.16. The standard InChI is InChI=1S/C13H14Cl2O2/c1-12(8-13(12,14)15)10-4-2-3-9(7-10)11-16-5-6-17-11/h2-4,7,11H,5-6,8H2,1H3. The Hall–Kier alpha value is -0.280. The van der Waals surface area contributed by atoms with Gasteiger partial charge in [-0.3, -0.25) is 0 Å². The summed E-state index contributed by atoms with van der Waals surface area (Å²) in [6, 6.07) is 8.16. The molecule has 1 aromatic rings. The van der Waals surface area contributed by atoms with Crippen LogP contribution in [0.2, 0.25) is 0 Å². The van der Waals surface area contributed by atoms with E-state index in [1.54, 1.807) is 0 Å². The van der Waals surface area contributed by atoms with Crippen molar-refractivity contribution in [2.24, 2.45) is 0 Å². The topological polar surface area (TPSA) is 18.5 Å². The van der Waals surface area contributed by atoms with Crippen LogP contribution in [0.25, 0.3) is 0 Å². The second kappa shape index (κ2) is 3.86. The maximum absolute atomic E-state index is 6.20. The smallest absolute Gasteiger partial charge is 0.184 e. The maximum atomic E-state index is 6.20. The van der Waals surface area contributed by atoms with E-state index in [9.17, 15) is 0 Å². The highest BCUT2D eigenvalue weighted by molar-refractivity contribution is 6.52. The van der Waals surface area contributed by atoms with Crippen LogP contribution in [0.15, 0.2) is 24.3 Å². The first kappa shape index (κ1) is 11.8. The second-order valence-corrected chi connectivity index (χ2v) is 6.40. The van der Waals surface area contributed by atoms with Crippen LogP contribution < -0.4 is 0 Å². The van der Waals surface area contributed by atoms with Crippen molar-refractivity contribution in [2.75, 3.05) is 13.2 Å². The van der Waals surface area contributed by atoms with Crippen molar-refractivity contribution in [1.29, 1.82) is 0 Å². The molecule has 1 aliphatic heterocycles. The molecule has 2 nitrogen and oxygen atoms in total. The van der Waals surface area contributed by atoms with Crippen LogP contribution in [0, 0.1) is 0 Å². The number of halogens is 2. The Morgan fingerprint density at radius 3 is 2.47 bits per heavy atom. The Morgan fingerprint density at radius 1 is 1.24 bits per heavy atom. The fourth-order valence-corrected chi connectivity index (χ4v) is 3.05. The Labute approximate surface area is 111 Å². The highest BCUT2D eigenvalue weighted by Crippen LogP contribution is 2.64. The van der Waals surface area contributed by atoms with Gasteiger partial charge in [-0.25, -0.2) is 0 Å². The van der Waals surface area contributed by atoms with Gasteiger partial charge in [-0.15, -0.1) is 23.2 Å². The van der Waals surface area contributed by atoms with Gasteiger partial charge in [0, 0.05) is 11.0 Å². The van der Waals surface area contributed by atoms with Crippen molar-refractivity contribution in [1.82, 2.24) is 0 Å². The summed E-state index contributed by atoms with van der Waals surface area (Å²) in [5.41, 5.74) is 2.04. The predicted octanol–water partition coefficient (Wildman–Crippen LogP) is 3.57. The summed E-state index contributed by atoms with van der Waals surface area (Å²) in [4.78, 5) is 0. The van der Waals surface area contributed by atoms with Gasteiger partial charge in [0.2, 0.25) is 0 Å². The summed E-state index contributed by atoms with van der Waals surface area (Å²) in [5.74, 6) is 0. The van der Waals surface area contributed by atoms with Gasteiger partial charge < -0.3 is 9.47 Å². The van der Waals surface area contributed by atoms with E-state index in [2.05, 4.69) is 19.1 Å². The molecule has 1 saturated carbocycles. The molecular formula is C13H14Cl2O2. The molecule has 1 saturated heterocycles. The molecule has 0 bridgehead atoms. The van der Waals surface area contributed by atoms with Gasteiger partial charge in [-0.05, 0) is 12.0 Å². The van der Waals surface area contributed by atoms with Crippen LogP contribution in [-0.4, -0.2) is 17.5 Å². The molecule has 17 heavy (non-hydrogen) atoms. The fraction of sp³-hybridized carbons (Fsp3) is 0.538. The van der Waals surface area contributed by atoms with Crippen molar-refractivity contribution in [3.8, 4) is 0 Å². The predicted molar refractivity (Wildman–Crippen MR) is 67.5 cm³/mol. The van der Waals surface area contributed by atoms with Crippen LogP contribution in [0.4, 0.5) is 0 Å². The number of hydrogen-bond acceptors (Lipinski definition) is 2. The average molecular weight is 273 g/mol. The van der Waals surface area contributed by atoms with Crippen molar-refractivity contribution in [3.05, 3.63) is 35.4 Å². The summed E-state index contributed by atoms with van der Waals surface area (Å²) in [7, 11) is 0. The lowest BCUT2D eigenvalue weighted by atomic mass is 9.96. The molecule has 1 aliphatic carbocycles. The maximum Gasteiger partial charge on any atom is 0.184 e. The summed E-state index contributed by atoms with van der Waals surface area (Å²) in [6.07, 6.45) is 0.552. The summed E-state index contributed by atoms with van der Waals surface area (Å²) >= 11 is 12.4. The highest BCUT2D eigenvalue weighted by Gasteiger charge is 2.63. The van der Waals surface area contributed by atoms with Crippen molar-refractivity contribution < 1.29 is 9.47 Å². The quantitative estimate of drug-likeness (QED) is 0.767. The first-order valence-electron chi connectivity index (χ1n) is 5.74. The van der Waals surface area contributed by atoms with Gasteiger partial charge in [0.1, 0.15) is 4.33 Å². The normalized spacial score (nSPS) is 31.7. The average Bonchev–Trinajstić information content (AvgIpc) is 2.75. The van der Waals surface area contributed by atoms with E-state index in [4.69, 9.17) is 32.7 Å². The van der Waals surface area contributed by atoms with E-state index < -0.39 is 4.33 Å². The number of ether oxygens (including phenoxy) is 2. The number of alkyl halides is 2. The van der Waals surface area contributed by atoms with Gasteiger partial charge >= 0.3 is 0 Å². The zero-order valence-corrected chi connectivity index (χ0v) is 11.1. The van der Waals surface area contributed by atoms with Crippen molar-refractivity contribution >= 4 is 23.2 Å². The second-order valence-electron chi connectivity index (χ2n) is 4.91. The van der Waals surface area contributed by atoms with Gasteiger partial charge in [0.05, 0.1) is 13.2 Å². The van der Waals surface area contributed by atoms with E-state index >= 15 is 0 Å². The third-order valence-corrected chi connectivity index (χ3v) is 4.78. The molecule has 1 atom stereocenters. The zero-order valence-electron chi connectivity index (χ0n) is 9.58. The molecule has 2 fully saturated rings. The summed E-state index contributed by atoms with van der Waals surface area (Å²) in [5, 5.41) is 0. The third kappa shape index (κ3) is 1.88. The fourth-order valence-electron chi connectivity index (χ4n) is 2.29. The van der Waals surface area contributed by atoms with Gasteiger partial charge in [-0.1, -0.05) is 31.2 Å². The molecule has 1 aromatic carbocycles. The number of benzene rings is 1. The molecule has 0 amide bonds. The molecule has 0 aromatic heterocycles. The van der Waals surface area contributed by atoms with Gasteiger partial charge in [0.15, 0.2) is 6.29 Å². The third-order valence-electron chi connectivity index (χ3n) is 3.68. The first-order chi connectivity index (χ1) is 8.03. The van der Waals surface area contributed by atoms with Crippen LogP contribution in [-0.2, 0) is 14.9 Å². The minimum absolute atomic E-state index is 0.148.